The maximum absolute atomic E-state index is 13.5. The van der Waals surface area contributed by atoms with Crippen LogP contribution in [-0.2, 0) is 20.7 Å². The van der Waals surface area contributed by atoms with Gasteiger partial charge in [-0.2, -0.15) is 0 Å². The van der Waals surface area contributed by atoms with Crippen LogP contribution in [0.15, 0.2) is 60.7 Å². The Hall–Kier alpha value is -3.74. The number of esters is 1. The molecule has 4 rings (SSSR count). The molecular weight excluding hydrogens is 492 g/mol. The molecule has 1 aliphatic heterocycles. The molecule has 0 saturated carbocycles. The van der Waals surface area contributed by atoms with Crippen molar-refractivity contribution in [3.05, 3.63) is 71.8 Å². The number of carbonyl (C=O) groups excluding carboxylic acids is 2. The lowest BCUT2D eigenvalue weighted by Crippen LogP contribution is -2.48. The smallest absolute Gasteiger partial charge is 0.410 e. The van der Waals surface area contributed by atoms with Crippen LogP contribution in [0.2, 0.25) is 0 Å². The number of aryl methyl sites for hydroxylation is 1. The van der Waals surface area contributed by atoms with Gasteiger partial charge in [-0.05, 0) is 75.1 Å². The first-order valence-electron chi connectivity index (χ1n) is 13.7. The average Bonchev–Trinajstić information content (AvgIpc) is 2.89. The molecule has 208 valence electrons. The number of nitrogens with zero attached hydrogens (tertiary/aromatic N) is 2. The predicted octanol–water partition coefficient (Wildman–Crippen LogP) is 6.53. The Balaban J connectivity index is 1.56. The molecule has 0 bridgehead atoms. The van der Waals surface area contributed by atoms with E-state index in [2.05, 4.69) is 35.2 Å². The minimum atomic E-state index is -0.620. The lowest BCUT2D eigenvalue weighted by molar-refractivity contribution is -0.143. The molecule has 1 amide bonds. The molecule has 2 unspecified atom stereocenters. The summed E-state index contributed by atoms with van der Waals surface area (Å²) in [6, 6.07) is 20.2. The second-order valence-corrected chi connectivity index (χ2v) is 11.1. The molecule has 0 saturated heterocycles. The van der Waals surface area contributed by atoms with Gasteiger partial charge in [-0.15, -0.1) is 0 Å². The Morgan fingerprint density at radius 3 is 2.59 bits per heavy atom. The number of anilines is 1. The second-order valence-electron chi connectivity index (χ2n) is 11.1. The molecule has 3 aromatic carbocycles. The van der Waals surface area contributed by atoms with Crippen LogP contribution in [0, 0.1) is 0 Å². The minimum absolute atomic E-state index is 0.192. The van der Waals surface area contributed by atoms with Gasteiger partial charge in [0, 0.05) is 13.5 Å². The number of carbonyl (C=O) groups is 2. The van der Waals surface area contributed by atoms with Gasteiger partial charge in [-0.25, -0.2) is 4.79 Å². The van der Waals surface area contributed by atoms with E-state index in [9.17, 15) is 9.59 Å². The quantitative estimate of drug-likeness (QED) is 0.307. The molecule has 1 heterocycles. The molecule has 7 nitrogen and oxygen atoms in total. The van der Waals surface area contributed by atoms with E-state index in [0.29, 0.717) is 32.5 Å². The first kappa shape index (κ1) is 28.3. The van der Waals surface area contributed by atoms with Crippen LogP contribution in [0.3, 0.4) is 0 Å². The number of ether oxygens (including phenoxy) is 3. The molecule has 0 spiro atoms. The lowest BCUT2D eigenvalue weighted by Gasteiger charge is -2.39. The summed E-state index contributed by atoms with van der Waals surface area (Å²) in [6.07, 6.45) is 0.335. The van der Waals surface area contributed by atoms with Crippen LogP contribution < -0.4 is 9.64 Å². The zero-order chi connectivity index (χ0) is 28.2. The molecule has 3 aromatic rings. The largest absolute Gasteiger partial charge is 0.485 e. The number of likely N-dealkylation sites (N-methyl/N-ethyl adjacent to an activating group) is 1. The van der Waals surface area contributed by atoms with Crippen molar-refractivity contribution < 1.29 is 23.8 Å². The monoisotopic (exact) mass is 532 g/mol. The van der Waals surface area contributed by atoms with E-state index in [-0.39, 0.29) is 24.2 Å². The van der Waals surface area contributed by atoms with Crippen LogP contribution in [0.25, 0.3) is 10.8 Å². The Bertz CT molecular complexity index is 1310. The van der Waals surface area contributed by atoms with Crippen molar-refractivity contribution in [1.82, 2.24) is 4.90 Å². The van der Waals surface area contributed by atoms with E-state index in [1.165, 1.54) is 0 Å². The fraction of sp³-hybridized carbons (Fsp3) is 0.438. The van der Waals surface area contributed by atoms with E-state index < -0.39 is 5.60 Å². The highest BCUT2D eigenvalue weighted by atomic mass is 16.6. The van der Waals surface area contributed by atoms with E-state index >= 15 is 0 Å². The highest BCUT2D eigenvalue weighted by Crippen LogP contribution is 2.35. The highest BCUT2D eigenvalue weighted by Gasteiger charge is 2.33. The van der Waals surface area contributed by atoms with Gasteiger partial charge in [0.25, 0.3) is 0 Å². The number of hydrogen-bond acceptors (Lipinski definition) is 6. The van der Waals surface area contributed by atoms with Crippen molar-refractivity contribution in [3.8, 4) is 5.75 Å². The van der Waals surface area contributed by atoms with Crippen LogP contribution in [0.4, 0.5) is 10.5 Å². The van der Waals surface area contributed by atoms with Gasteiger partial charge < -0.3 is 19.1 Å². The predicted molar refractivity (Wildman–Crippen MR) is 154 cm³/mol. The third kappa shape index (κ3) is 7.02. The molecule has 0 N–H and O–H groups in total. The van der Waals surface area contributed by atoms with Crippen molar-refractivity contribution in [2.45, 2.75) is 65.2 Å². The molecule has 1 aliphatic rings. The van der Waals surface area contributed by atoms with Gasteiger partial charge in [-0.3, -0.25) is 9.69 Å². The van der Waals surface area contributed by atoms with Gasteiger partial charge >= 0.3 is 12.1 Å². The van der Waals surface area contributed by atoms with E-state index in [1.54, 1.807) is 4.90 Å². The molecule has 0 fully saturated rings. The van der Waals surface area contributed by atoms with Crippen LogP contribution >= 0.6 is 0 Å². The summed E-state index contributed by atoms with van der Waals surface area (Å²) in [5.41, 5.74) is 2.47. The summed E-state index contributed by atoms with van der Waals surface area (Å²) < 4.78 is 17.3. The number of rotatable bonds is 8. The standard InChI is InChI=1S/C32H40N2O5/c1-7-37-30(35)18-16-23-15-17-29-28(19-23)33(6)20-25(38-29)21-34(31(36)39-32(3,4)5)22(2)26-14-10-12-24-11-8-9-13-27(24)26/h8-15,17,19,22,25H,7,16,18,20-21H2,1-6H3. The SMILES string of the molecule is CCOC(=O)CCc1ccc2c(c1)N(C)CC(CN(C(=O)OC(C)(C)C)C(C)c1cccc3ccccc13)O2. The van der Waals surface area contributed by atoms with Crippen molar-refractivity contribution >= 4 is 28.5 Å². The summed E-state index contributed by atoms with van der Waals surface area (Å²) in [5.74, 6) is 0.568. The third-order valence-corrected chi connectivity index (χ3v) is 6.90. The normalized spacial score (nSPS) is 15.7. The van der Waals surface area contributed by atoms with Crippen LogP contribution in [0.1, 0.15) is 58.2 Å². The molecular formula is C32H40N2O5. The highest BCUT2D eigenvalue weighted by molar-refractivity contribution is 5.86. The minimum Gasteiger partial charge on any atom is -0.485 e. The number of hydrogen-bond donors (Lipinski definition) is 0. The van der Waals surface area contributed by atoms with E-state index in [1.807, 2.05) is 72.0 Å². The lowest BCUT2D eigenvalue weighted by atomic mass is 9.98. The maximum Gasteiger partial charge on any atom is 0.410 e. The summed E-state index contributed by atoms with van der Waals surface area (Å²) in [5, 5.41) is 2.25. The summed E-state index contributed by atoms with van der Waals surface area (Å²) in [7, 11) is 2.02. The summed E-state index contributed by atoms with van der Waals surface area (Å²) in [4.78, 5) is 29.2. The van der Waals surface area contributed by atoms with Crippen molar-refractivity contribution in [1.29, 1.82) is 0 Å². The van der Waals surface area contributed by atoms with Crippen molar-refractivity contribution in [2.24, 2.45) is 0 Å². The summed E-state index contributed by atoms with van der Waals surface area (Å²) >= 11 is 0. The molecule has 7 heteroatoms. The maximum atomic E-state index is 13.5. The first-order valence-corrected chi connectivity index (χ1v) is 13.7. The van der Waals surface area contributed by atoms with Gasteiger partial charge in [0.05, 0.1) is 31.4 Å². The molecule has 0 aromatic heterocycles. The number of benzene rings is 3. The fourth-order valence-electron chi connectivity index (χ4n) is 5.02. The van der Waals surface area contributed by atoms with Crippen molar-refractivity contribution in [3.63, 3.8) is 0 Å². The Kier molecular flexibility index (Phi) is 8.68. The molecule has 0 radical (unpaired) electrons. The zero-order valence-electron chi connectivity index (χ0n) is 23.9. The van der Waals surface area contributed by atoms with Gasteiger partial charge in [0.1, 0.15) is 17.5 Å². The first-order chi connectivity index (χ1) is 18.6. The van der Waals surface area contributed by atoms with Gasteiger partial charge in [-0.1, -0.05) is 48.5 Å². The fourth-order valence-corrected chi connectivity index (χ4v) is 5.02. The Morgan fingerprint density at radius 1 is 1.10 bits per heavy atom. The molecule has 2 atom stereocenters. The molecule has 39 heavy (non-hydrogen) atoms. The van der Waals surface area contributed by atoms with Gasteiger partial charge in [0.15, 0.2) is 0 Å². The van der Waals surface area contributed by atoms with E-state index in [4.69, 9.17) is 14.2 Å². The number of amides is 1. The third-order valence-electron chi connectivity index (χ3n) is 6.90. The Labute approximate surface area is 231 Å². The van der Waals surface area contributed by atoms with E-state index in [0.717, 1.165) is 33.3 Å². The average molecular weight is 533 g/mol. The van der Waals surface area contributed by atoms with Crippen molar-refractivity contribution in [2.75, 3.05) is 31.6 Å². The zero-order valence-corrected chi connectivity index (χ0v) is 23.9. The molecule has 0 aliphatic carbocycles. The number of fused-ring (bicyclic) bond motifs is 2. The topological polar surface area (TPSA) is 68.3 Å². The van der Waals surface area contributed by atoms with Crippen LogP contribution in [-0.4, -0.2) is 55.4 Å². The second kappa shape index (κ2) is 12.0. The summed E-state index contributed by atoms with van der Waals surface area (Å²) in [6.45, 7) is 10.9. The Morgan fingerprint density at radius 2 is 1.85 bits per heavy atom. The van der Waals surface area contributed by atoms with Gasteiger partial charge in [0.2, 0.25) is 0 Å². The van der Waals surface area contributed by atoms with Crippen LogP contribution in [0.5, 0.6) is 5.75 Å².